The summed E-state index contributed by atoms with van der Waals surface area (Å²) in [7, 11) is 0. The Balaban J connectivity index is 2.16. The van der Waals surface area contributed by atoms with Gasteiger partial charge in [0, 0.05) is 12.6 Å². The lowest BCUT2D eigenvalue weighted by Gasteiger charge is -2.32. The van der Waals surface area contributed by atoms with E-state index < -0.39 is 12.0 Å². The standard InChI is InChI=1S/C11H17N5O3/c1-7(2)16-9(13-6-14-16)4-15-5-10(17)12-3-8(15)11(18)19/h6-8H,3-5H2,1-2H3,(H,12,17)(H,18,19). The summed E-state index contributed by atoms with van der Waals surface area (Å²) in [5.74, 6) is -0.459. The normalized spacial score (nSPS) is 20.6. The van der Waals surface area contributed by atoms with Crippen LogP contribution in [0.5, 0.6) is 0 Å². The number of aromatic nitrogens is 3. The average Bonchev–Trinajstić information content (AvgIpc) is 2.76. The topological polar surface area (TPSA) is 100 Å². The van der Waals surface area contributed by atoms with Gasteiger partial charge in [-0.05, 0) is 13.8 Å². The van der Waals surface area contributed by atoms with Crippen LogP contribution in [0, 0.1) is 0 Å². The number of nitrogens with one attached hydrogen (secondary N) is 1. The highest BCUT2D eigenvalue weighted by atomic mass is 16.4. The third-order valence-corrected chi connectivity index (χ3v) is 3.05. The lowest BCUT2D eigenvalue weighted by atomic mass is 10.2. The highest BCUT2D eigenvalue weighted by molar-refractivity contribution is 5.83. The summed E-state index contributed by atoms with van der Waals surface area (Å²) in [6.07, 6.45) is 1.44. The Morgan fingerprint density at radius 1 is 1.63 bits per heavy atom. The molecule has 1 saturated heterocycles. The maximum Gasteiger partial charge on any atom is 0.322 e. The van der Waals surface area contributed by atoms with Crippen LogP contribution in [-0.2, 0) is 16.1 Å². The van der Waals surface area contributed by atoms with E-state index in [9.17, 15) is 9.59 Å². The summed E-state index contributed by atoms with van der Waals surface area (Å²) in [6, 6.07) is -0.589. The van der Waals surface area contributed by atoms with Gasteiger partial charge in [0.25, 0.3) is 0 Å². The molecule has 1 aromatic heterocycles. The molecule has 0 spiro atoms. The Hall–Kier alpha value is -1.96. The minimum absolute atomic E-state index is 0.0575. The molecule has 104 valence electrons. The van der Waals surface area contributed by atoms with Gasteiger partial charge < -0.3 is 10.4 Å². The van der Waals surface area contributed by atoms with E-state index in [4.69, 9.17) is 5.11 Å². The summed E-state index contributed by atoms with van der Waals surface area (Å²) in [6.45, 7) is 4.40. The van der Waals surface area contributed by atoms with Gasteiger partial charge >= 0.3 is 5.97 Å². The van der Waals surface area contributed by atoms with Crippen molar-refractivity contribution in [2.24, 2.45) is 0 Å². The molecule has 1 amide bonds. The van der Waals surface area contributed by atoms with Crippen molar-refractivity contribution in [2.45, 2.75) is 32.5 Å². The first-order valence-corrected chi connectivity index (χ1v) is 6.11. The zero-order valence-corrected chi connectivity index (χ0v) is 10.9. The van der Waals surface area contributed by atoms with E-state index in [0.717, 1.165) is 0 Å². The first kappa shape index (κ1) is 13.5. The van der Waals surface area contributed by atoms with Crippen molar-refractivity contribution in [1.82, 2.24) is 25.0 Å². The minimum Gasteiger partial charge on any atom is -0.480 e. The van der Waals surface area contributed by atoms with Crippen LogP contribution in [-0.4, -0.2) is 55.8 Å². The number of piperazine rings is 1. The zero-order chi connectivity index (χ0) is 14.0. The molecule has 19 heavy (non-hydrogen) atoms. The SMILES string of the molecule is CC(C)n1ncnc1CN1CC(=O)NCC1C(=O)O. The van der Waals surface area contributed by atoms with E-state index in [1.807, 2.05) is 13.8 Å². The number of carbonyl (C=O) groups excluding carboxylic acids is 1. The van der Waals surface area contributed by atoms with Gasteiger partial charge in [-0.2, -0.15) is 5.10 Å². The first-order chi connectivity index (χ1) is 8.99. The molecule has 8 nitrogen and oxygen atoms in total. The molecule has 1 fully saturated rings. The van der Waals surface area contributed by atoms with Gasteiger partial charge in [-0.1, -0.05) is 0 Å². The third-order valence-electron chi connectivity index (χ3n) is 3.05. The fraction of sp³-hybridized carbons (Fsp3) is 0.636. The predicted octanol–water partition coefficient (Wildman–Crippen LogP) is -0.756. The molecule has 0 saturated carbocycles. The van der Waals surface area contributed by atoms with Crippen LogP contribution in [0.2, 0.25) is 0 Å². The molecule has 0 radical (unpaired) electrons. The molecule has 0 aliphatic carbocycles. The van der Waals surface area contributed by atoms with E-state index in [2.05, 4.69) is 15.4 Å². The Labute approximate surface area is 110 Å². The van der Waals surface area contributed by atoms with E-state index in [-0.39, 0.29) is 25.0 Å². The maximum atomic E-state index is 11.4. The van der Waals surface area contributed by atoms with Crippen LogP contribution in [0.4, 0.5) is 0 Å². The number of amides is 1. The van der Waals surface area contributed by atoms with Crippen LogP contribution >= 0.6 is 0 Å². The summed E-state index contributed by atoms with van der Waals surface area (Å²) in [5.41, 5.74) is 0. The second kappa shape index (κ2) is 5.35. The third kappa shape index (κ3) is 2.90. The van der Waals surface area contributed by atoms with Crippen LogP contribution in [0.3, 0.4) is 0 Å². The predicted molar refractivity (Wildman–Crippen MR) is 65.3 cm³/mol. The number of carbonyl (C=O) groups is 2. The average molecular weight is 267 g/mol. The van der Waals surface area contributed by atoms with Crippen molar-refractivity contribution in [2.75, 3.05) is 13.1 Å². The molecule has 1 unspecified atom stereocenters. The Morgan fingerprint density at radius 3 is 3.00 bits per heavy atom. The fourth-order valence-corrected chi connectivity index (χ4v) is 2.10. The van der Waals surface area contributed by atoms with Crippen molar-refractivity contribution in [3.8, 4) is 0 Å². The van der Waals surface area contributed by atoms with E-state index >= 15 is 0 Å². The van der Waals surface area contributed by atoms with Gasteiger partial charge in [0.15, 0.2) is 0 Å². The van der Waals surface area contributed by atoms with Gasteiger partial charge in [-0.15, -0.1) is 0 Å². The molecule has 1 aromatic rings. The van der Waals surface area contributed by atoms with E-state index in [0.29, 0.717) is 12.4 Å². The van der Waals surface area contributed by atoms with Gasteiger partial charge in [0.2, 0.25) is 5.91 Å². The van der Waals surface area contributed by atoms with E-state index in [1.165, 1.54) is 6.33 Å². The summed E-state index contributed by atoms with van der Waals surface area (Å²) in [4.78, 5) is 28.3. The van der Waals surface area contributed by atoms with Gasteiger partial charge in [0.05, 0.1) is 13.1 Å². The van der Waals surface area contributed by atoms with Crippen molar-refractivity contribution >= 4 is 11.9 Å². The number of aliphatic carboxylic acids is 1. The summed E-state index contributed by atoms with van der Waals surface area (Å²) in [5, 5.41) is 15.8. The molecule has 2 rings (SSSR count). The molecular weight excluding hydrogens is 250 g/mol. The van der Waals surface area contributed by atoms with Crippen molar-refractivity contribution in [3.05, 3.63) is 12.2 Å². The van der Waals surface area contributed by atoms with Crippen molar-refractivity contribution in [1.29, 1.82) is 0 Å². The second-order valence-corrected chi connectivity index (χ2v) is 4.78. The van der Waals surface area contributed by atoms with Gasteiger partial charge in [0.1, 0.15) is 18.2 Å². The van der Waals surface area contributed by atoms with Gasteiger partial charge in [-0.25, -0.2) is 9.67 Å². The highest BCUT2D eigenvalue weighted by Gasteiger charge is 2.32. The smallest absolute Gasteiger partial charge is 0.322 e. The number of carboxylic acids is 1. The van der Waals surface area contributed by atoms with Crippen molar-refractivity contribution < 1.29 is 14.7 Å². The number of rotatable bonds is 4. The van der Waals surface area contributed by atoms with Crippen LogP contribution in [0.15, 0.2) is 6.33 Å². The molecule has 0 aromatic carbocycles. The number of nitrogens with zero attached hydrogens (tertiary/aromatic N) is 4. The van der Waals surface area contributed by atoms with Gasteiger partial charge in [-0.3, -0.25) is 14.5 Å². The molecule has 1 aliphatic rings. The number of hydrogen-bond donors (Lipinski definition) is 2. The summed E-state index contributed by atoms with van der Waals surface area (Å²) < 4.78 is 1.73. The highest BCUT2D eigenvalue weighted by Crippen LogP contribution is 2.12. The molecule has 2 N–H and O–H groups in total. The lowest BCUT2D eigenvalue weighted by molar-refractivity contribution is -0.146. The van der Waals surface area contributed by atoms with Crippen molar-refractivity contribution in [3.63, 3.8) is 0 Å². The fourth-order valence-electron chi connectivity index (χ4n) is 2.10. The number of hydrogen-bond acceptors (Lipinski definition) is 5. The van der Waals surface area contributed by atoms with Crippen LogP contribution in [0.25, 0.3) is 0 Å². The van der Waals surface area contributed by atoms with E-state index in [1.54, 1.807) is 9.58 Å². The molecule has 1 atom stereocenters. The second-order valence-electron chi connectivity index (χ2n) is 4.78. The lowest BCUT2D eigenvalue weighted by Crippen LogP contribution is -2.57. The number of carboxylic acid groups (broad SMARTS) is 1. The van der Waals surface area contributed by atoms with Crippen LogP contribution < -0.4 is 5.32 Å². The largest absolute Gasteiger partial charge is 0.480 e. The minimum atomic E-state index is -0.949. The molecular formula is C11H17N5O3. The Bertz CT molecular complexity index is 484. The summed E-state index contributed by atoms with van der Waals surface area (Å²) >= 11 is 0. The first-order valence-electron chi connectivity index (χ1n) is 6.11. The quantitative estimate of drug-likeness (QED) is 0.744. The molecule has 0 bridgehead atoms. The molecule has 1 aliphatic heterocycles. The van der Waals surface area contributed by atoms with Crippen LogP contribution in [0.1, 0.15) is 25.7 Å². The maximum absolute atomic E-state index is 11.4. The Morgan fingerprint density at radius 2 is 2.37 bits per heavy atom. The zero-order valence-electron chi connectivity index (χ0n) is 10.9. The Kier molecular flexibility index (Phi) is 3.79. The monoisotopic (exact) mass is 267 g/mol. The molecule has 2 heterocycles. The molecule has 8 heteroatoms.